The van der Waals surface area contributed by atoms with Crippen molar-refractivity contribution in [2.45, 2.75) is 30.8 Å². The summed E-state index contributed by atoms with van der Waals surface area (Å²) in [6.07, 6.45) is 0.484. The van der Waals surface area contributed by atoms with Crippen molar-refractivity contribution in [3.05, 3.63) is 64.9 Å². The zero-order chi connectivity index (χ0) is 19.8. The van der Waals surface area contributed by atoms with E-state index in [9.17, 15) is 14.0 Å². The molecular weight excluding hydrogens is 387 g/mol. The summed E-state index contributed by atoms with van der Waals surface area (Å²) in [6.45, 7) is 2.10. The third kappa shape index (κ3) is 6.26. The van der Waals surface area contributed by atoms with Crippen LogP contribution in [-0.2, 0) is 16.1 Å². The van der Waals surface area contributed by atoms with Gasteiger partial charge in [0.15, 0.2) is 0 Å². The van der Waals surface area contributed by atoms with Gasteiger partial charge in [-0.3, -0.25) is 9.59 Å². The molecule has 2 amide bonds. The Balaban J connectivity index is 2.15. The molecule has 7 heteroatoms. The number of benzene rings is 2. The van der Waals surface area contributed by atoms with Gasteiger partial charge in [-0.15, -0.1) is 11.8 Å². The Morgan fingerprint density at radius 2 is 1.78 bits per heavy atom. The molecule has 0 bridgehead atoms. The minimum Gasteiger partial charge on any atom is -0.357 e. The lowest BCUT2D eigenvalue weighted by Crippen LogP contribution is -2.48. The number of hydrogen-bond donors (Lipinski definition) is 1. The SMILES string of the molecule is CC[C@@H](C(=O)NC)N(Cc1ccc(F)cc1)C(=O)CSc1ccc(Cl)cc1. The number of rotatable bonds is 8. The van der Waals surface area contributed by atoms with E-state index in [2.05, 4.69) is 5.32 Å². The molecule has 0 saturated heterocycles. The van der Waals surface area contributed by atoms with Gasteiger partial charge in [-0.05, 0) is 48.4 Å². The summed E-state index contributed by atoms with van der Waals surface area (Å²) in [6, 6.07) is 12.6. The average molecular weight is 409 g/mol. The lowest BCUT2D eigenvalue weighted by Gasteiger charge is -2.30. The fourth-order valence-corrected chi connectivity index (χ4v) is 3.54. The van der Waals surface area contributed by atoms with E-state index >= 15 is 0 Å². The van der Waals surface area contributed by atoms with Crippen molar-refractivity contribution in [3.63, 3.8) is 0 Å². The van der Waals surface area contributed by atoms with Gasteiger partial charge >= 0.3 is 0 Å². The Bertz CT molecular complexity index is 769. The average Bonchev–Trinajstić information content (AvgIpc) is 2.68. The van der Waals surface area contributed by atoms with Crippen molar-refractivity contribution in [1.82, 2.24) is 10.2 Å². The highest BCUT2D eigenvalue weighted by atomic mass is 35.5. The molecule has 0 aliphatic heterocycles. The van der Waals surface area contributed by atoms with E-state index in [0.717, 1.165) is 10.5 Å². The van der Waals surface area contributed by atoms with Crippen molar-refractivity contribution in [2.75, 3.05) is 12.8 Å². The molecule has 0 heterocycles. The normalized spacial score (nSPS) is 11.7. The van der Waals surface area contributed by atoms with Crippen LogP contribution in [0.1, 0.15) is 18.9 Å². The van der Waals surface area contributed by atoms with Gasteiger partial charge < -0.3 is 10.2 Å². The van der Waals surface area contributed by atoms with Crippen LogP contribution in [0.4, 0.5) is 4.39 Å². The molecule has 2 aromatic carbocycles. The largest absolute Gasteiger partial charge is 0.357 e. The molecule has 0 aliphatic rings. The molecule has 2 rings (SSSR count). The first kappa shape index (κ1) is 21.3. The molecule has 27 heavy (non-hydrogen) atoms. The Hall–Kier alpha value is -2.05. The Labute approximate surface area is 168 Å². The molecule has 0 fully saturated rings. The molecule has 0 radical (unpaired) electrons. The van der Waals surface area contributed by atoms with Crippen LogP contribution in [-0.4, -0.2) is 35.6 Å². The monoisotopic (exact) mass is 408 g/mol. The number of amides is 2. The van der Waals surface area contributed by atoms with E-state index in [1.807, 2.05) is 19.1 Å². The van der Waals surface area contributed by atoms with Crippen LogP contribution in [0.2, 0.25) is 5.02 Å². The number of nitrogens with one attached hydrogen (secondary N) is 1. The summed E-state index contributed by atoms with van der Waals surface area (Å²) in [5.74, 6) is -0.525. The molecule has 4 nitrogen and oxygen atoms in total. The first-order valence-electron chi connectivity index (χ1n) is 8.58. The van der Waals surface area contributed by atoms with Crippen LogP contribution in [0, 0.1) is 5.82 Å². The van der Waals surface area contributed by atoms with Crippen LogP contribution in [0.15, 0.2) is 53.4 Å². The molecule has 1 N–H and O–H groups in total. The van der Waals surface area contributed by atoms with Gasteiger partial charge in [0.05, 0.1) is 5.75 Å². The predicted molar refractivity (Wildman–Crippen MR) is 107 cm³/mol. The van der Waals surface area contributed by atoms with Crippen molar-refractivity contribution >= 4 is 35.2 Å². The van der Waals surface area contributed by atoms with Gasteiger partial charge in [0, 0.05) is 23.5 Å². The van der Waals surface area contributed by atoms with Gasteiger partial charge in [0.1, 0.15) is 11.9 Å². The molecule has 0 unspecified atom stereocenters. The van der Waals surface area contributed by atoms with Crippen molar-refractivity contribution in [2.24, 2.45) is 0 Å². The topological polar surface area (TPSA) is 49.4 Å². The summed E-state index contributed by atoms with van der Waals surface area (Å²) in [5, 5.41) is 3.25. The zero-order valence-electron chi connectivity index (χ0n) is 15.2. The minimum atomic E-state index is -0.585. The van der Waals surface area contributed by atoms with E-state index in [4.69, 9.17) is 11.6 Å². The van der Waals surface area contributed by atoms with Gasteiger partial charge in [-0.2, -0.15) is 0 Å². The number of hydrogen-bond acceptors (Lipinski definition) is 3. The van der Waals surface area contributed by atoms with Gasteiger partial charge in [-0.25, -0.2) is 4.39 Å². The second kappa shape index (κ2) is 10.3. The second-order valence-corrected chi connectivity index (χ2v) is 7.41. The maximum Gasteiger partial charge on any atom is 0.242 e. The predicted octanol–water partition coefficient (Wildman–Crippen LogP) is 4.12. The maximum absolute atomic E-state index is 13.2. The van der Waals surface area contributed by atoms with E-state index in [0.29, 0.717) is 11.4 Å². The highest BCUT2D eigenvalue weighted by Crippen LogP contribution is 2.22. The Morgan fingerprint density at radius 3 is 2.33 bits per heavy atom. The lowest BCUT2D eigenvalue weighted by atomic mass is 10.1. The van der Waals surface area contributed by atoms with Crippen molar-refractivity contribution < 1.29 is 14.0 Å². The molecule has 0 aliphatic carbocycles. The van der Waals surface area contributed by atoms with Crippen LogP contribution >= 0.6 is 23.4 Å². The van der Waals surface area contributed by atoms with Crippen LogP contribution in [0.5, 0.6) is 0 Å². The first-order chi connectivity index (χ1) is 12.9. The summed E-state index contributed by atoms with van der Waals surface area (Å²) in [5.41, 5.74) is 0.767. The maximum atomic E-state index is 13.2. The lowest BCUT2D eigenvalue weighted by molar-refractivity contribution is -0.139. The van der Waals surface area contributed by atoms with Crippen LogP contribution in [0.25, 0.3) is 0 Å². The highest BCUT2D eigenvalue weighted by molar-refractivity contribution is 8.00. The first-order valence-corrected chi connectivity index (χ1v) is 9.94. The summed E-state index contributed by atoms with van der Waals surface area (Å²) in [7, 11) is 1.55. The molecule has 1 atom stereocenters. The van der Waals surface area contributed by atoms with E-state index in [1.54, 1.807) is 36.2 Å². The smallest absolute Gasteiger partial charge is 0.242 e. The number of thioether (sulfide) groups is 1. The van der Waals surface area contributed by atoms with Gasteiger partial charge in [0.2, 0.25) is 11.8 Å². The highest BCUT2D eigenvalue weighted by Gasteiger charge is 2.27. The minimum absolute atomic E-state index is 0.158. The molecule has 144 valence electrons. The number of carbonyl (C=O) groups is 2. The molecular formula is C20H22ClFN2O2S. The number of halogens is 2. The third-order valence-corrected chi connectivity index (χ3v) is 5.32. The summed E-state index contributed by atoms with van der Waals surface area (Å²) in [4.78, 5) is 27.6. The number of nitrogens with zero attached hydrogens (tertiary/aromatic N) is 1. The van der Waals surface area contributed by atoms with Crippen molar-refractivity contribution in [1.29, 1.82) is 0 Å². The Kier molecular flexibility index (Phi) is 8.13. The number of likely N-dealkylation sites (N-methyl/N-ethyl adjacent to an activating group) is 1. The van der Waals surface area contributed by atoms with Crippen molar-refractivity contribution in [3.8, 4) is 0 Å². The van der Waals surface area contributed by atoms with Crippen LogP contribution in [0.3, 0.4) is 0 Å². The van der Waals surface area contributed by atoms with E-state index in [-0.39, 0.29) is 29.9 Å². The third-order valence-electron chi connectivity index (χ3n) is 4.07. The molecule has 2 aromatic rings. The Morgan fingerprint density at radius 1 is 1.15 bits per heavy atom. The molecule has 0 spiro atoms. The van der Waals surface area contributed by atoms with Gasteiger partial charge in [-0.1, -0.05) is 30.7 Å². The number of carbonyl (C=O) groups excluding carboxylic acids is 2. The summed E-state index contributed by atoms with van der Waals surface area (Å²) < 4.78 is 13.2. The standard InChI is InChI=1S/C20H22ClFN2O2S/c1-3-18(20(26)23-2)24(12-14-4-8-16(22)9-5-14)19(25)13-27-17-10-6-15(21)7-11-17/h4-11,18H,3,12-13H2,1-2H3,(H,23,26)/t18-/m0/s1. The fourth-order valence-electron chi connectivity index (χ4n) is 2.63. The summed E-state index contributed by atoms with van der Waals surface area (Å²) >= 11 is 7.27. The second-order valence-electron chi connectivity index (χ2n) is 5.93. The fraction of sp³-hybridized carbons (Fsp3) is 0.300. The quantitative estimate of drug-likeness (QED) is 0.668. The van der Waals surface area contributed by atoms with E-state index < -0.39 is 6.04 Å². The van der Waals surface area contributed by atoms with Gasteiger partial charge in [0.25, 0.3) is 0 Å². The zero-order valence-corrected chi connectivity index (χ0v) is 16.8. The van der Waals surface area contributed by atoms with Crippen LogP contribution < -0.4 is 5.32 Å². The van der Waals surface area contributed by atoms with E-state index in [1.165, 1.54) is 23.9 Å². The molecule has 0 aromatic heterocycles. The molecule has 0 saturated carbocycles.